The van der Waals surface area contributed by atoms with Gasteiger partial charge in [0, 0.05) is 12.2 Å². The van der Waals surface area contributed by atoms with Gasteiger partial charge < -0.3 is 10.6 Å². The van der Waals surface area contributed by atoms with E-state index in [1.165, 1.54) is 5.56 Å². The van der Waals surface area contributed by atoms with Gasteiger partial charge in [0.1, 0.15) is 0 Å². The number of hydrogen-bond acceptors (Lipinski definition) is 1. The lowest BCUT2D eigenvalue weighted by Gasteiger charge is -2.10. The first kappa shape index (κ1) is 12.6. The van der Waals surface area contributed by atoms with Crippen LogP contribution in [0.2, 0.25) is 0 Å². The van der Waals surface area contributed by atoms with Crippen LogP contribution in [-0.4, -0.2) is 12.6 Å². The highest BCUT2D eigenvalue weighted by Crippen LogP contribution is 2.16. The van der Waals surface area contributed by atoms with E-state index in [0.717, 1.165) is 24.1 Å². The first-order chi connectivity index (χ1) is 7.67. The van der Waals surface area contributed by atoms with Gasteiger partial charge in [-0.25, -0.2) is 4.79 Å². The molecule has 0 unspecified atom stereocenters. The van der Waals surface area contributed by atoms with Gasteiger partial charge in [-0.1, -0.05) is 26.0 Å². The van der Waals surface area contributed by atoms with Crippen LogP contribution < -0.4 is 10.6 Å². The number of nitrogens with one attached hydrogen (secondary N) is 2. The van der Waals surface area contributed by atoms with Gasteiger partial charge >= 0.3 is 6.03 Å². The van der Waals surface area contributed by atoms with Crippen LogP contribution >= 0.6 is 0 Å². The number of carbonyl (C=O) groups is 1. The zero-order chi connectivity index (χ0) is 12.0. The fourth-order valence-electron chi connectivity index (χ4n) is 1.43. The normalized spacial score (nSPS) is 9.94. The molecule has 0 aliphatic heterocycles. The van der Waals surface area contributed by atoms with Gasteiger partial charge in [0.25, 0.3) is 0 Å². The van der Waals surface area contributed by atoms with Crippen LogP contribution in [0, 0.1) is 6.92 Å². The lowest BCUT2D eigenvalue weighted by Crippen LogP contribution is -2.29. The van der Waals surface area contributed by atoms with Gasteiger partial charge in [-0.3, -0.25) is 0 Å². The Balaban J connectivity index is 2.68. The van der Waals surface area contributed by atoms with Crippen molar-refractivity contribution in [2.45, 2.75) is 33.6 Å². The molecular weight excluding hydrogens is 200 g/mol. The molecule has 1 aromatic rings. The summed E-state index contributed by atoms with van der Waals surface area (Å²) in [4.78, 5) is 11.5. The minimum atomic E-state index is -0.127. The number of aryl methyl sites for hydroxylation is 2. The van der Waals surface area contributed by atoms with Crippen LogP contribution in [-0.2, 0) is 6.42 Å². The zero-order valence-electron chi connectivity index (χ0n) is 10.3. The maximum absolute atomic E-state index is 11.5. The number of anilines is 1. The van der Waals surface area contributed by atoms with E-state index in [2.05, 4.69) is 23.6 Å². The number of benzene rings is 1. The molecule has 3 nitrogen and oxygen atoms in total. The van der Waals surface area contributed by atoms with E-state index in [0.29, 0.717) is 6.54 Å². The Morgan fingerprint density at radius 3 is 2.69 bits per heavy atom. The second-order valence-electron chi connectivity index (χ2n) is 3.88. The van der Waals surface area contributed by atoms with Gasteiger partial charge in [-0.05, 0) is 37.0 Å². The Morgan fingerprint density at radius 1 is 1.31 bits per heavy atom. The quantitative estimate of drug-likeness (QED) is 0.804. The summed E-state index contributed by atoms with van der Waals surface area (Å²) in [5.74, 6) is 0. The Bertz CT molecular complexity index is 361. The molecule has 0 saturated heterocycles. The molecule has 0 radical (unpaired) electrons. The van der Waals surface area contributed by atoms with E-state index in [4.69, 9.17) is 0 Å². The van der Waals surface area contributed by atoms with Gasteiger partial charge in [0.2, 0.25) is 0 Å². The maximum atomic E-state index is 11.5. The fourth-order valence-corrected chi connectivity index (χ4v) is 1.43. The molecule has 1 aromatic carbocycles. The predicted octanol–water partition coefficient (Wildman–Crippen LogP) is 3.09. The van der Waals surface area contributed by atoms with E-state index in [1.54, 1.807) is 0 Å². The van der Waals surface area contributed by atoms with Crippen molar-refractivity contribution in [1.82, 2.24) is 5.32 Å². The SMILES string of the molecule is CCCNC(=O)Nc1cc(CC)ccc1C. The van der Waals surface area contributed by atoms with Crippen molar-refractivity contribution in [3.05, 3.63) is 29.3 Å². The summed E-state index contributed by atoms with van der Waals surface area (Å²) >= 11 is 0. The topological polar surface area (TPSA) is 41.1 Å². The van der Waals surface area contributed by atoms with Gasteiger partial charge in [0.15, 0.2) is 0 Å². The van der Waals surface area contributed by atoms with E-state index in [1.807, 2.05) is 26.0 Å². The summed E-state index contributed by atoms with van der Waals surface area (Å²) in [5.41, 5.74) is 3.22. The third-order valence-electron chi connectivity index (χ3n) is 2.49. The highest BCUT2D eigenvalue weighted by Gasteiger charge is 2.03. The van der Waals surface area contributed by atoms with Crippen molar-refractivity contribution >= 4 is 11.7 Å². The number of rotatable bonds is 4. The summed E-state index contributed by atoms with van der Waals surface area (Å²) in [7, 11) is 0. The summed E-state index contributed by atoms with van der Waals surface area (Å²) in [5, 5.41) is 5.67. The van der Waals surface area contributed by atoms with E-state index in [-0.39, 0.29) is 6.03 Å². The van der Waals surface area contributed by atoms with Gasteiger partial charge in [-0.2, -0.15) is 0 Å². The molecule has 0 atom stereocenters. The molecule has 0 spiro atoms. The number of urea groups is 1. The molecule has 16 heavy (non-hydrogen) atoms. The Morgan fingerprint density at radius 2 is 2.06 bits per heavy atom. The number of hydrogen-bond donors (Lipinski definition) is 2. The molecule has 88 valence electrons. The molecule has 0 fully saturated rings. The summed E-state index contributed by atoms with van der Waals surface area (Å²) in [6.45, 7) is 6.84. The van der Waals surface area contributed by atoms with E-state index >= 15 is 0 Å². The standard InChI is InChI=1S/C13H20N2O/c1-4-8-14-13(16)15-12-9-11(5-2)7-6-10(12)3/h6-7,9H,4-5,8H2,1-3H3,(H2,14,15,16). The van der Waals surface area contributed by atoms with E-state index in [9.17, 15) is 4.79 Å². The molecule has 0 bridgehead atoms. The monoisotopic (exact) mass is 220 g/mol. The van der Waals surface area contributed by atoms with E-state index < -0.39 is 0 Å². The van der Waals surface area contributed by atoms with Crippen molar-refractivity contribution in [2.75, 3.05) is 11.9 Å². The molecule has 2 amide bonds. The molecule has 0 aliphatic carbocycles. The second kappa shape index (κ2) is 6.16. The number of amides is 2. The molecule has 2 N–H and O–H groups in total. The van der Waals surface area contributed by atoms with Crippen molar-refractivity contribution in [1.29, 1.82) is 0 Å². The Labute approximate surface area is 97.2 Å². The smallest absolute Gasteiger partial charge is 0.319 e. The molecule has 0 saturated carbocycles. The molecule has 0 aromatic heterocycles. The van der Waals surface area contributed by atoms with Crippen LogP contribution in [0.5, 0.6) is 0 Å². The molecule has 0 aliphatic rings. The van der Waals surface area contributed by atoms with Crippen LogP contribution in [0.25, 0.3) is 0 Å². The third kappa shape index (κ3) is 3.57. The van der Waals surface area contributed by atoms with Crippen molar-refractivity contribution in [3.8, 4) is 0 Å². The largest absolute Gasteiger partial charge is 0.338 e. The van der Waals surface area contributed by atoms with Crippen molar-refractivity contribution in [3.63, 3.8) is 0 Å². The predicted molar refractivity (Wildman–Crippen MR) is 67.9 cm³/mol. The molecule has 3 heteroatoms. The van der Waals surface area contributed by atoms with Crippen LogP contribution in [0.15, 0.2) is 18.2 Å². The van der Waals surface area contributed by atoms with Crippen LogP contribution in [0.4, 0.5) is 10.5 Å². The first-order valence-corrected chi connectivity index (χ1v) is 5.81. The second-order valence-corrected chi connectivity index (χ2v) is 3.88. The van der Waals surface area contributed by atoms with Crippen molar-refractivity contribution < 1.29 is 4.79 Å². The first-order valence-electron chi connectivity index (χ1n) is 5.81. The average molecular weight is 220 g/mol. The fraction of sp³-hybridized carbons (Fsp3) is 0.462. The summed E-state index contributed by atoms with van der Waals surface area (Å²) < 4.78 is 0. The maximum Gasteiger partial charge on any atom is 0.319 e. The third-order valence-corrected chi connectivity index (χ3v) is 2.49. The zero-order valence-corrected chi connectivity index (χ0v) is 10.3. The molecular formula is C13H20N2O. The van der Waals surface area contributed by atoms with Gasteiger partial charge in [0.05, 0.1) is 0 Å². The highest BCUT2D eigenvalue weighted by atomic mass is 16.2. The minimum Gasteiger partial charge on any atom is -0.338 e. The van der Waals surface area contributed by atoms with Crippen LogP contribution in [0.3, 0.4) is 0 Å². The van der Waals surface area contributed by atoms with Crippen molar-refractivity contribution in [2.24, 2.45) is 0 Å². The number of carbonyl (C=O) groups excluding carboxylic acids is 1. The van der Waals surface area contributed by atoms with Crippen LogP contribution in [0.1, 0.15) is 31.4 Å². The Kier molecular flexibility index (Phi) is 4.83. The average Bonchev–Trinajstić information content (AvgIpc) is 2.29. The highest BCUT2D eigenvalue weighted by molar-refractivity contribution is 5.90. The van der Waals surface area contributed by atoms with Gasteiger partial charge in [-0.15, -0.1) is 0 Å². The molecule has 1 rings (SSSR count). The summed E-state index contributed by atoms with van der Waals surface area (Å²) in [6.07, 6.45) is 1.92. The molecule has 0 heterocycles. The summed E-state index contributed by atoms with van der Waals surface area (Å²) in [6, 6.07) is 6.03. The lowest BCUT2D eigenvalue weighted by atomic mass is 10.1. The lowest BCUT2D eigenvalue weighted by molar-refractivity contribution is 0.252. The minimum absolute atomic E-state index is 0.127. The Hall–Kier alpha value is -1.51.